The summed E-state index contributed by atoms with van der Waals surface area (Å²) in [7, 11) is 0. The van der Waals surface area contributed by atoms with Crippen LogP contribution in [0.5, 0.6) is 0 Å². The number of thioether (sulfide) groups is 1. The van der Waals surface area contributed by atoms with E-state index in [9.17, 15) is 24.6 Å². The number of fused-ring (bicyclic) bond motifs is 1. The minimum absolute atomic E-state index is 0.0939. The van der Waals surface area contributed by atoms with E-state index >= 15 is 0 Å². The van der Waals surface area contributed by atoms with Crippen LogP contribution >= 0.6 is 23.1 Å². The van der Waals surface area contributed by atoms with Crippen molar-refractivity contribution in [2.75, 3.05) is 6.79 Å². The van der Waals surface area contributed by atoms with Crippen molar-refractivity contribution in [2.45, 2.75) is 72.4 Å². The number of carbonyl (C=O) groups excluding carboxylic acids is 3. The second-order valence-electron chi connectivity index (χ2n) is 9.26. The van der Waals surface area contributed by atoms with Crippen molar-refractivity contribution in [3.05, 3.63) is 32.1 Å². The molecule has 2 aliphatic rings. The molecule has 2 N–H and O–H groups in total. The first-order chi connectivity index (χ1) is 17.0. The third-order valence-corrected chi connectivity index (χ3v) is 8.16. The molecule has 0 saturated carbocycles. The van der Waals surface area contributed by atoms with Gasteiger partial charge >= 0.3 is 12.1 Å². The Morgan fingerprint density at radius 2 is 1.92 bits per heavy atom. The zero-order valence-corrected chi connectivity index (χ0v) is 22.8. The van der Waals surface area contributed by atoms with Gasteiger partial charge in [0.05, 0.1) is 40.8 Å². The summed E-state index contributed by atoms with van der Waals surface area (Å²) in [6.45, 7) is 10.1. The van der Waals surface area contributed by atoms with Crippen molar-refractivity contribution in [2.24, 2.45) is 11.8 Å². The average Bonchev–Trinajstić information content (AvgIpc) is 3.33. The van der Waals surface area contributed by atoms with Gasteiger partial charge in [0.15, 0.2) is 0 Å². The van der Waals surface area contributed by atoms with Crippen molar-refractivity contribution in [1.29, 1.82) is 0 Å². The number of aliphatic hydroxyl groups is 2. The van der Waals surface area contributed by atoms with Crippen molar-refractivity contribution >= 4 is 47.1 Å². The quantitative estimate of drug-likeness (QED) is 0.262. The second-order valence-corrected chi connectivity index (χ2v) is 11.1. The molecule has 0 aromatic carbocycles. The van der Waals surface area contributed by atoms with Crippen LogP contribution < -0.4 is 0 Å². The topological polar surface area (TPSA) is 130 Å². The average molecular weight is 540 g/mol. The van der Waals surface area contributed by atoms with Crippen LogP contribution in [0.1, 0.15) is 52.1 Å². The minimum Gasteiger partial charge on any atom is -0.423 e. The van der Waals surface area contributed by atoms with Gasteiger partial charge in [0.1, 0.15) is 5.70 Å². The zero-order valence-electron chi connectivity index (χ0n) is 21.2. The van der Waals surface area contributed by atoms with Crippen LogP contribution in [-0.4, -0.2) is 74.0 Å². The molecular formula is C24H33N3O7S2. The number of hydrogen-bond donors (Lipinski definition) is 2. The summed E-state index contributed by atoms with van der Waals surface area (Å²) in [5.74, 6) is -1.96. The molecule has 198 valence electrons. The number of β-lactam (4-membered cyclic amide) rings is 1. The van der Waals surface area contributed by atoms with E-state index in [-0.39, 0.29) is 42.3 Å². The largest absolute Gasteiger partial charge is 0.423 e. The number of rotatable bonds is 10. The molecule has 1 aromatic rings. The first-order valence-corrected chi connectivity index (χ1v) is 13.5. The number of esters is 1. The highest BCUT2D eigenvalue weighted by Gasteiger charge is 2.60. The molecule has 1 aromatic heterocycles. The number of hydrogen-bond acceptors (Lipinski definition) is 10. The summed E-state index contributed by atoms with van der Waals surface area (Å²) in [4.78, 5) is 46.8. The molecule has 4 atom stereocenters. The fraction of sp³-hybridized carbons (Fsp3) is 0.583. The molecule has 36 heavy (non-hydrogen) atoms. The van der Waals surface area contributed by atoms with Crippen LogP contribution in [-0.2, 0) is 25.7 Å². The lowest BCUT2D eigenvalue weighted by molar-refractivity contribution is -0.166. The summed E-state index contributed by atoms with van der Waals surface area (Å²) >= 11 is 2.64. The summed E-state index contributed by atoms with van der Waals surface area (Å²) < 4.78 is 10.4. The summed E-state index contributed by atoms with van der Waals surface area (Å²) in [5.41, 5.74) is 2.28. The van der Waals surface area contributed by atoms with E-state index in [1.807, 2.05) is 34.6 Å². The molecule has 3 rings (SSSR count). The van der Waals surface area contributed by atoms with Crippen LogP contribution in [0.4, 0.5) is 4.79 Å². The molecule has 2 aliphatic heterocycles. The Bertz CT molecular complexity index is 1040. The highest BCUT2D eigenvalue weighted by atomic mass is 32.2. The molecule has 2 amide bonds. The van der Waals surface area contributed by atoms with Crippen LogP contribution in [0.2, 0.25) is 0 Å². The van der Waals surface area contributed by atoms with Crippen molar-refractivity contribution in [3.63, 3.8) is 0 Å². The number of ether oxygens (including phenoxy) is 2. The standard InChI is InChI=1S/C24H33N3O7S2/c1-12(2)26(13(3)4)24(32)34-11-33-23(31)20-21(35-8-7-17-16(9-28)25-10-36-17)14(5)19-18(15(6)29)22(30)27(19)20/h7-8,10,12-15,18-19,28-29H,9,11H2,1-6H3/b8-7+/t14-,15-,18-,19-/m1/s1. The Labute approximate surface area is 219 Å². The molecule has 0 bridgehead atoms. The normalized spacial score (nSPS) is 22.3. The maximum Gasteiger partial charge on any atom is 0.413 e. The lowest BCUT2D eigenvalue weighted by atomic mass is 9.79. The van der Waals surface area contributed by atoms with Gasteiger partial charge in [0.25, 0.3) is 0 Å². The SMILES string of the molecule is CC(C)N(C(=O)OCOC(=O)C1=C(S/C=C/c2scnc2CO)[C@H](C)[C@@H]2[C@@H]([C@@H](C)O)C(=O)N12)C(C)C. The lowest BCUT2D eigenvalue weighted by Gasteiger charge is -2.46. The summed E-state index contributed by atoms with van der Waals surface area (Å²) in [6, 6.07) is -0.557. The maximum atomic E-state index is 13.1. The van der Waals surface area contributed by atoms with Crippen LogP contribution in [0.15, 0.2) is 21.5 Å². The lowest BCUT2D eigenvalue weighted by Crippen LogP contribution is -2.63. The fourth-order valence-corrected chi connectivity index (χ4v) is 6.44. The predicted molar refractivity (Wildman–Crippen MR) is 136 cm³/mol. The first-order valence-electron chi connectivity index (χ1n) is 11.7. The van der Waals surface area contributed by atoms with E-state index < -0.39 is 30.9 Å². The molecule has 1 saturated heterocycles. The van der Waals surface area contributed by atoms with Gasteiger partial charge in [-0.2, -0.15) is 0 Å². The molecule has 3 heterocycles. The molecular weight excluding hydrogens is 506 g/mol. The number of thiazole rings is 1. The van der Waals surface area contributed by atoms with Crippen LogP contribution in [0, 0.1) is 11.8 Å². The Balaban J connectivity index is 1.78. The number of carbonyl (C=O) groups is 3. The number of amides is 2. The molecule has 0 radical (unpaired) electrons. The number of aliphatic hydroxyl groups excluding tert-OH is 2. The monoisotopic (exact) mass is 539 g/mol. The van der Waals surface area contributed by atoms with E-state index in [4.69, 9.17) is 9.47 Å². The summed E-state index contributed by atoms with van der Waals surface area (Å²) in [6.07, 6.45) is 0.325. The van der Waals surface area contributed by atoms with Gasteiger partial charge in [-0.15, -0.1) is 11.3 Å². The first kappa shape index (κ1) is 28.2. The second kappa shape index (κ2) is 11.8. The van der Waals surface area contributed by atoms with E-state index in [1.165, 1.54) is 32.9 Å². The predicted octanol–water partition coefficient (Wildman–Crippen LogP) is 3.16. The molecule has 1 fully saturated rings. The van der Waals surface area contributed by atoms with E-state index in [2.05, 4.69) is 4.98 Å². The minimum atomic E-state index is -0.860. The van der Waals surface area contributed by atoms with Crippen molar-refractivity contribution in [1.82, 2.24) is 14.8 Å². The molecule has 10 nitrogen and oxygen atoms in total. The van der Waals surface area contributed by atoms with Crippen LogP contribution in [0.3, 0.4) is 0 Å². The van der Waals surface area contributed by atoms with E-state index in [1.54, 1.807) is 23.9 Å². The van der Waals surface area contributed by atoms with Crippen molar-refractivity contribution in [3.8, 4) is 0 Å². The highest BCUT2D eigenvalue weighted by molar-refractivity contribution is 8.06. The Morgan fingerprint density at radius 3 is 2.50 bits per heavy atom. The van der Waals surface area contributed by atoms with Gasteiger partial charge in [-0.1, -0.05) is 18.7 Å². The van der Waals surface area contributed by atoms with E-state index in [0.717, 1.165) is 4.88 Å². The third kappa shape index (κ3) is 5.46. The van der Waals surface area contributed by atoms with Gasteiger partial charge in [-0.05, 0) is 46.1 Å². The molecule has 0 spiro atoms. The Hall–Kier alpha value is -2.41. The molecule has 0 unspecified atom stereocenters. The highest BCUT2D eigenvalue weighted by Crippen LogP contribution is 2.51. The Kier molecular flexibility index (Phi) is 9.20. The third-order valence-electron chi connectivity index (χ3n) is 6.23. The van der Waals surface area contributed by atoms with Gasteiger partial charge in [-0.25, -0.2) is 14.6 Å². The van der Waals surface area contributed by atoms with Gasteiger partial charge < -0.3 is 29.5 Å². The number of aromatic nitrogens is 1. The van der Waals surface area contributed by atoms with Crippen molar-refractivity contribution < 1.29 is 34.1 Å². The zero-order chi connectivity index (χ0) is 26.7. The van der Waals surface area contributed by atoms with Crippen LogP contribution in [0.25, 0.3) is 6.08 Å². The Morgan fingerprint density at radius 1 is 1.25 bits per heavy atom. The molecule has 12 heteroatoms. The van der Waals surface area contributed by atoms with Gasteiger partial charge in [0, 0.05) is 22.9 Å². The summed E-state index contributed by atoms with van der Waals surface area (Å²) in [5, 5.41) is 21.3. The van der Waals surface area contributed by atoms with E-state index in [0.29, 0.717) is 10.6 Å². The molecule has 0 aliphatic carbocycles. The smallest absolute Gasteiger partial charge is 0.413 e. The maximum absolute atomic E-state index is 13.1. The van der Waals surface area contributed by atoms with Gasteiger partial charge in [-0.3, -0.25) is 4.79 Å². The fourth-order valence-electron chi connectivity index (χ4n) is 4.67. The number of nitrogens with zero attached hydrogens (tertiary/aromatic N) is 3. The van der Waals surface area contributed by atoms with Gasteiger partial charge in [0.2, 0.25) is 12.7 Å².